The van der Waals surface area contributed by atoms with Gasteiger partial charge in [-0.2, -0.15) is 5.10 Å². The molecule has 0 spiro atoms. The predicted molar refractivity (Wildman–Crippen MR) is 95.1 cm³/mol. The minimum Gasteiger partial charge on any atom is -0.364 e. The Bertz CT molecular complexity index is 863. The van der Waals surface area contributed by atoms with Crippen molar-refractivity contribution in [3.8, 4) is 0 Å². The summed E-state index contributed by atoms with van der Waals surface area (Å²) in [4.78, 5) is 37.8. The third kappa shape index (κ3) is 3.41. The average Bonchev–Trinajstić information content (AvgIpc) is 3.11. The summed E-state index contributed by atoms with van der Waals surface area (Å²) < 4.78 is 0.853. The maximum absolute atomic E-state index is 12.5. The van der Waals surface area contributed by atoms with Crippen molar-refractivity contribution in [1.82, 2.24) is 10.2 Å². The molecule has 9 heteroatoms. The van der Waals surface area contributed by atoms with Gasteiger partial charge < -0.3 is 16.0 Å². The van der Waals surface area contributed by atoms with Crippen molar-refractivity contribution in [2.75, 3.05) is 16.8 Å². The smallest absolute Gasteiger partial charge is 0.271 e. The molecule has 25 heavy (non-hydrogen) atoms. The third-order valence-corrected chi connectivity index (χ3v) is 4.54. The van der Waals surface area contributed by atoms with Crippen molar-refractivity contribution >= 4 is 45.0 Å². The molecule has 1 aliphatic heterocycles. The van der Waals surface area contributed by atoms with E-state index in [1.165, 1.54) is 0 Å². The van der Waals surface area contributed by atoms with E-state index in [0.29, 0.717) is 5.69 Å². The largest absolute Gasteiger partial charge is 0.364 e. The summed E-state index contributed by atoms with van der Waals surface area (Å²) in [5.74, 6) is -1.74. The van der Waals surface area contributed by atoms with Crippen LogP contribution < -0.4 is 16.0 Å². The van der Waals surface area contributed by atoms with Crippen LogP contribution in [-0.2, 0) is 9.59 Å². The lowest BCUT2D eigenvalue weighted by Crippen LogP contribution is -2.28. The Balaban J connectivity index is 1.75. The fourth-order valence-corrected chi connectivity index (χ4v) is 3.15. The summed E-state index contributed by atoms with van der Waals surface area (Å²) in [5, 5.41) is 9.07. The first-order chi connectivity index (χ1) is 11.9. The van der Waals surface area contributed by atoms with Gasteiger partial charge in [-0.1, -0.05) is 22.0 Å². The lowest BCUT2D eigenvalue weighted by atomic mass is 10.1. The van der Waals surface area contributed by atoms with Gasteiger partial charge in [-0.25, -0.2) is 0 Å². The number of H-pyrrole nitrogens is 1. The number of nitrogens with two attached hydrogens (primary N) is 1. The fourth-order valence-electron chi connectivity index (χ4n) is 2.76. The molecule has 0 aliphatic carbocycles. The first-order valence-electron chi connectivity index (χ1n) is 7.58. The van der Waals surface area contributed by atoms with Gasteiger partial charge in [-0.05, 0) is 25.1 Å². The number of benzene rings is 1. The van der Waals surface area contributed by atoms with Crippen LogP contribution >= 0.6 is 15.9 Å². The number of hydrogen-bond acceptors (Lipinski definition) is 4. The van der Waals surface area contributed by atoms with Crippen molar-refractivity contribution in [2.45, 2.75) is 13.3 Å². The van der Waals surface area contributed by atoms with Crippen LogP contribution in [0.3, 0.4) is 0 Å². The molecule has 3 rings (SSSR count). The molecular formula is C16H16BrN5O3. The first kappa shape index (κ1) is 17.2. The van der Waals surface area contributed by atoms with Crippen LogP contribution in [0.2, 0.25) is 0 Å². The van der Waals surface area contributed by atoms with E-state index < -0.39 is 11.8 Å². The maximum atomic E-state index is 12.5. The highest BCUT2D eigenvalue weighted by molar-refractivity contribution is 9.10. The monoisotopic (exact) mass is 405 g/mol. The van der Waals surface area contributed by atoms with Crippen LogP contribution in [0.1, 0.15) is 22.6 Å². The Morgan fingerprint density at radius 1 is 1.44 bits per heavy atom. The molecule has 0 saturated carbocycles. The van der Waals surface area contributed by atoms with Crippen LogP contribution in [0, 0.1) is 12.8 Å². The van der Waals surface area contributed by atoms with E-state index >= 15 is 0 Å². The van der Waals surface area contributed by atoms with Crippen LogP contribution in [0.15, 0.2) is 28.7 Å². The molecule has 0 bridgehead atoms. The molecule has 2 aromatic rings. The van der Waals surface area contributed by atoms with Crippen molar-refractivity contribution in [3.05, 3.63) is 40.1 Å². The van der Waals surface area contributed by atoms with Crippen LogP contribution in [-0.4, -0.2) is 34.5 Å². The topological polar surface area (TPSA) is 121 Å². The highest BCUT2D eigenvalue weighted by Crippen LogP contribution is 2.28. The van der Waals surface area contributed by atoms with Crippen LogP contribution in [0.4, 0.5) is 11.4 Å². The highest BCUT2D eigenvalue weighted by atomic mass is 79.9. The molecule has 8 nitrogen and oxygen atoms in total. The molecule has 3 amide bonds. The molecule has 1 atom stereocenters. The van der Waals surface area contributed by atoms with E-state index in [1.54, 1.807) is 11.8 Å². The number of carbonyl (C=O) groups excluding carboxylic acids is 3. The number of carbonyl (C=O) groups is 3. The minimum atomic E-state index is -0.738. The standard InChI is InChI=1S/C16H16BrN5O3/c1-8-13(14(15(18)24)21-20-8)19-16(25)9-5-12(23)22(7-9)11-4-2-3-10(17)6-11/h2-4,6,9H,5,7H2,1H3,(H2,18,24)(H,19,25)(H,20,21). The molecule has 0 radical (unpaired) electrons. The number of nitrogens with zero attached hydrogens (tertiary/aromatic N) is 2. The van der Waals surface area contributed by atoms with E-state index in [9.17, 15) is 14.4 Å². The predicted octanol–water partition coefficient (Wildman–Crippen LogP) is 1.57. The second kappa shape index (κ2) is 6.67. The Labute approximate surface area is 151 Å². The zero-order valence-electron chi connectivity index (χ0n) is 13.4. The molecule has 130 valence electrons. The van der Waals surface area contributed by atoms with Crippen molar-refractivity contribution in [1.29, 1.82) is 0 Å². The molecule has 1 aromatic carbocycles. The molecule has 1 fully saturated rings. The van der Waals surface area contributed by atoms with Gasteiger partial charge in [0.05, 0.1) is 17.3 Å². The Hall–Kier alpha value is -2.68. The van der Waals surface area contributed by atoms with E-state index in [2.05, 4.69) is 31.4 Å². The minimum absolute atomic E-state index is 0.0287. The number of primary amides is 1. The first-order valence-corrected chi connectivity index (χ1v) is 8.37. The number of hydrogen-bond donors (Lipinski definition) is 3. The lowest BCUT2D eigenvalue weighted by Gasteiger charge is -2.17. The zero-order valence-corrected chi connectivity index (χ0v) is 15.0. The molecule has 1 saturated heterocycles. The molecular weight excluding hydrogens is 390 g/mol. The summed E-state index contributed by atoms with van der Waals surface area (Å²) >= 11 is 3.37. The van der Waals surface area contributed by atoms with Crippen molar-refractivity contribution in [3.63, 3.8) is 0 Å². The summed E-state index contributed by atoms with van der Waals surface area (Å²) in [7, 11) is 0. The molecule has 2 heterocycles. The Kier molecular flexibility index (Phi) is 4.58. The molecule has 4 N–H and O–H groups in total. The number of anilines is 2. The summed E-state index contributed by atoms with van der Waals surface area (Å²) in [6, 6.07) is 7.33. The Morgan fingerprint density at radius 3 is 2.88 bits per heavy atom. The lowest BCUT2D eigenvalue weighted by molar-refractivity contribution is -0.122. The van der Waals surface area contributed by atoms with Gasteiger partial charge in [0.15, 0.2) is 5.69 Å². The third-order valence-electron chi connectivity index (χ3n) is 4.04. The van der Waals surface area contributed by atoms with Crippen molar-refractivity contribution < 1.29 is 14.4 Å². The number of aromatic amines is 1. The van der Waals surface area contributed by atoms with Gasteiger partial charge in [-0.15, -0.1) is 0 Å². The van der Waals surface area contributed by atoms with Gasteiger partial charge in [0, 0.05) is 23.1 Å². The number of rotatable bonds is 4. The zero-order chi connectivity index (χ0) is 18.1. The summed E-state index contributed by atoms with van der Waals surface area (Å²) in [6.07, 6.45) is 0.0984. The number of aryl methyl sites for hydroxylation is 1. The maximum Gasteiger partial charge on any atom is 0.271 e. The molecule has 1 aromatic heterocycles. The quantitative estimate of drug-likeness (QED) is 0.714. The van der Waals surface area contributed by atoms with Gasteiger partial charge in [-0.3, -0.25) is 19.5 Å². The van der Waals surface area contributed by atoms with Crippen molar-refractivity contribution in [2.24, 2.45) is 11.7 Å². The van der Waals surface area contributed by atoms with E-state index in [4.69, 9.17) is 5.73 Å². The second-order valence-corrected chi connectivity index (χ2v) is 6.73. The number of nitrogens with one attached hydrogen (secondary N) is 2. The highest BCUT2D eigenvalue weighted by Gasteiger charge is 2.36. The molecule has 1 unspecified atom stereocenters. The van der Waals surface area contributed by atoms with Gasteiger partial charge in [0.1, 0.15) is 0 Å². The number of amides is 3. The number of halogens is 1. The summed E-state index contributed by atoms with van der Waals surface area (Å²) in [5.41, 5.74) is 6.73. The van der Waals surface area contributed by atoms with E-state index in [-0.39, 0.29) is 36.2 Å². The normalized spacial score (nSPS) is 17.0. The SMILES string of the molecule is Cc1[nH]nc(C(N)=O)c1NC(=O)C1CC(=O)N(c2cccc(Br)c2)C1. The number of aromatic nitrogens is 2. The van der Waals surface area contributed by atoms with E-state index in [0.717, 1.165) is 10.2 Å². The van der Waals surface area contributed by atoms with Crippen LogP contribution in [0.5, 0.6) is 0 Å². The van der Waals surface area contributed by atoms with Crippen LogP contribution in [0.25, 0.3) is 0 Å². The average molecular weight is 406 g/mol. The van der Waals surface area contributed by atoms with E-state index in [1.807, 2.05) is 24.3 Å². The summed E-state index contributed by atoms with van der Waals surface area (Å²) in [6.45, 7) is 1.94. The van der Waals surface area contributed by atoms with Gasteiger partial charge in [0.2, 0.25) is 11.8 Å². The Morgan fingerprint density at radius 2 is 2.20 bits per heavy atom. The van der Waals surface area contributed by atoms with Gasteiger partial charge >= 0.3 is 0 Å². The van der Waals surface area contributed by atoms with Gasteiger partial charge in [0.25, 0.3) is 5.91 Å². The molecule has 1 aliphatic rings. The second-order valence-electron chi connectivity index (χ2n) is 5.81. The fraction of sp³-hybridized carbons (Fsp3) is 0.250.